The Morgan fingerprint density at radius 2 is 1.93 bits per heavy atom. The number of anilines is 1. The zero-order valence-electron chi connectivity index (χ0n) is 14.6. The Bertz CT molecular complexity index is 957. The number of benzene rings is 2. The molecule has 2 amide bonds. The van der Waals surface area contributed by atoms with Crippen molar-refractivity contribution < 1.29 is 22.7 Å². The van der Waals surface area contributed by atoms with E-state index >= 15 is 0 Å². The van der Waals surface area contributed by atoms with E-state index in [1.165, 1.54) is 24.3 Å². The smallest absolute Gasteiger partial charge is 0.255 e. The van der Waals surface area contributed by atoms with E-state index in [1.54, 1.807) is 31.4 Å². The fourth-order valence-corrected chi connectivity index (χ4v) is 4.09. The lowest BCUT2D eigenvalue weighted by Crippen LogP contribution is -2.49. The molecule has 1 fully saturated rings. The summed E-state index contributed by atoms with van der Waals surface area (Å²) < 4.78 is 31.6. The molecule has 1 heterocycles. The summed E-state index contributed by atoms with van der Waals surface area (Å²) in [6.45, 7) is 0.219. The zero-order chi connectivity index (χ0) is 19.4. The summed E-state index contributed by atoms with van der Waals surface area (Å²) in [5, 5.41) is 5.29. The van der Waals surface area contributed by atoms with Gasteiger partial charge < -0.3 is 15.4 Å². The van der Waals surface area contributed by atoms with Gasteiger partial charge in [-0.15, -0.1) is 0 Å². The van der Waals surface area contributed by atoms with Gasteiger partial charge in [-0.3, -0.25) is 9.59 Å². The highest BCUT2D eigenvalue weighted by Crippen LogP contribution is 2.20. The molecule has 9 heteroatoms. The van der Waals surface area contributed by atoms with Crippen LogP contribution in [0.4, 0.5) is 5.69 Å². The van der Waals surface area contributed by atoms with Gasteiger partial charge in [0.15, 0.2) is 0 Å². The number of piperazine rings is 1. The summed E-state index contributed by atoms with van der Waals surface area (Å²) in [5.41, 5.74) is 0.759. The molecule has 0 unspecified atom stereocenters. The second-order valence-corrected chi connectivity index (χ2v) is 7.84. The number of nitrogens with one attached hydrogen (secondary N) is 2. The topological polar surface area (TPSA) is 105 Å². The third-order valence-electron chi connectivity index (χ3n) is 4.09. The molecule has 0 atom stereocenters. The molecule has 0 spiro atoms. The summed E-state index contributed by atoms with van der Waals surface area (Å²) in [7, 11) is -2.31. The first-order valence-electron chi connectivity index (χ1n) is 8.22. The molecule has 8 nitrogen and oxygen atoms in total. The third kappa shape index (κ3) is 4.26. The molecule has 27 heavy (non-hydrogen) atoms. The number of hydrogen-bond donors (Lipinski definition) is 2. The van der Waals surface area contributed by atoms with Crippen LogP contribution < -0.4 is 15.4 Å². The Balaban J connectivity index is 1.79. The number of sulfonamides is 1. The van der Waals surface area contributed by atoms with Gasteiger partial charge in [0.25, 0.3) is 5.91 Å². The van der Waals surface area contributed by atoms with Gasteiger partial charge in [-0.2, -0.15) is 4.31 Å². The summed E-state index contributed by atoms with van der Waals surface area (Å²) in [6, 6.07) is 12.5. The van der Waals surface area contributed by atoms with E-state index in [1.807, 2.05) is 0 Å². The maximum atomic E-state index is 12.7. The maximum absolute atomic E-state index is 12.7. The molecule has 2 aromatic carbocycles. The third-order valence-corrected chi connectivity index (χ3v) is 5.93. The van der Waals surface area contributed by atoms with Crippen LogP contribution >= 0.6 is 0 Å². The molecule has 142 valence electrons. The van der Waals surface area contributed by atoms with Crippen LogP contribution in [0.3, 0.4) is 0 Å². The minimum Gasteiger partial charge on any atom is -0.497 e. The van der Waals surface area contributed by atoms with Crippen LogP contribution in [-0.4, -0.2) is 51.3 Å². The number of hydrogen-bond acceptors (Lipinski definition) is 5. The molecule has 2 N–H and O–H groups in total. The minimum absolute atomic E-state index is 0.0282. The normalized spacial score (nSPS) is 15.1. The van der Waals surface area contributed by atoms with Gasteiger partial charge in [-0.1, -0.05) is 6.07 Å². The Kier molecular flexibility index (Phi) is 5.43. The van der Waals surface area contributed by atoms with Crippen molar-refractivity contribution in [2.24, 2.45) is 0 Å². The lowest BCUT2D eigenvalue weighted by atomic mass is 10.2. The molecule has 1 aliphatic heterocycles. The van der Waals surface area contributed by atoms with Gasteiger partial charge in [0.1, 0.15) is 5.75 Å². The summed E-state index contributed by atoms with van der Waals surface area (Å²) >= 11 is 0. The SMILES string of the molecule is COc1ccc(NC(=O)c2cccc(S(=O)(=O)N3CCNC(=O)C3)c2)cc1. The lowest BCUT2D eigenvalue weighted by molar-refractivity contribution is -0.122. The lowest BCUT2D eigenvalue weighted by Gasteiger charge is -2.26. The van der Waals surface area contributed by atoms with E-state index in [0.29, 0.717) is 11.4 Å². The zero-order valence-corrected chi connectivity index (χ0v) is 15.5. The fraction of sp³-hybridized carbons (Fsp3) is 0.222. The largest absolute Gasteiger partial charge is 0.497 e. The first-order valence-corrected chi connectivity index (χ1v) is 9.66. The van der Waals surface area contributed by atoms with Crippen LogP contribution in [0, 0.1) is 0 Å². The van der Waals surface area contributed by atoms with Gasteiger partial charge in [-0.25, -0.2) is 8.42 Å². The van der Waals surface area contributed by atoms with E-state index in [-0.39, 0.29) is 36.0 Å². The molecule has 0 aliphatic carbocycles. The number of nitrogens with zero attached hydrogens (tertiary/aromatic N) is 1. The van der Waals surface area contributed by atoms with Crippen LogP contribution in [0.5, 0.6) is 5.75 Å². The Hall–Kier alpha value is -2.91. The summed E-state index contributed by atoms with van der Waals surface area (Å²) in [5.74, 6) is -0.126. The van der Waals surface area contributed by atoms with Crippen LogP contribution in [0.15, 0.2) is 53.4 Å². The van der Waals surface area contributed by atoms with Crippen LogP contribution in [0.2, 0.25) is 0 Å². The van der Waals surface area contributed by atoms with Crippen LogP contribution in [-0.2, 0) is 14.8 Å². The van der Waals surface area contributed by atoms with Crippen molar-refractivity contribution in [2.45, 2.75) is 4.90 Å². The predicted molar refractivity (Wildman–Crippen MR) is 99.2 cm³/mol. The van der Waals surface area contributed by atoms with Gasteiger partial charge in [0, 0.05) is 24.3 Å². The molecule has 3 rings (SSSR count). The maximum Gasteiger partial charge on any atom is 0.255 e. The first-order chi connectivity index (χ1) is 12.9. The van der Waals surface area contributed by atoms with E-state index < -0.39 is 15.9 Å². The Morgan fingerprint density at radius 1 is 1.19 bits per heavy atom. The average Bonchev–Trinajstić information content (AvgIpc) is 2.68. The highest BCUT2D eigenvalue weighted by Gasteiger charge is 2.29. The van der Waals surface area contributed by atoms with Crippen molar-refractivity contribution in [3.05, 3.63) is 54.1 Å². The Morgan fingerprint density at radius 3 is 2.59 bits per heavy atom. The number of rotatable bonds is 5. The van der Waals surface area contributed by atoms with E-state index in [2.05, 4.69) is 10.6 Å². The van der Waals surface area contributed by atoms with Crippen molar-refractivity contribution in [3.63, 3.8) is 0 Å². The number of amides is 2. The molecule has 2 aromatic rings. The van der Waals surface area contributed by atoms with Crippen molar-refractivity contribution in [1.82, 2.24) is 9.62 Å². The Labute approximate surface area is 157 Å². The second-order valence-electron chi connectivity index (χ2n) is 5.90. The van der Waals surface area contributed by atoms with Gasteiger partial charge in [-0.05, 0) is 42.5 Å². The average molecular weight is 389 g/mol. The first kappa shape index (κ1) is 18.9. The van der Waals surface area contributed by atoms with E-state index in [4.69, 9.17) is 4.74 Å². The van der Waals surface area contributed by atoms with Gasteiger partial charge >= 0.3 is 0 Å². The molecule has 0 radical (unpaired) electrons. The number of ether oxygens (including phenoxy) is 1. The van der Waals surface area contributed by atoms with Crippen LogP contribution in [0.1, 0.15) is 10.4 Å². The molecule has 0 saturated carbocycles. The summed E-state index contributed by atoms with van der Waals surface area (Å²) in [6.07, 6.45) is 0. The minimum atomic E-state index is -3.86. The van der Waals surface area contributed by atoms with Crippen molar-refractivity contribution in [3.8, 4) is 5.75 Å². The highest BCUT2D eigenvalue weighted by molar-refractivity contribution is 7.89. The predicted octanol–water partition coefficient (Wildman–Crippen LogP) is 1.07. The molecule has 1 saturated heterocycles. The molecular weight excluding hydrogens is 370 g/mol. The standard InChI is InChI=1S/C18H19N3O5S/c1-26-15-7-5-14(6-8-15)20-18(23)13-3-2-4-16(11-13)27(24,25)21-10-9-19-17(22)12-21/h2-8,11H,9-10,12H2,1H3,(H,19,22)(H,20,23). The van der Waals surface area contributed by atoms with Crippen molar-refractivity contribution in [1.29, 1.82) is 0 Å². The quantitative estimate of drug-likeness (QED) is 0.796. The van der Waals surface area contributed by atoms with Gasteiger partial charge in [0.2, 0.25) is 15.9 Å². The van der Waals surface area contributed by atoms with Gasteiger partial charge in [0.05, 0.1) is 18.6 Å². The molecule has 0 aromatic heterocycles. The monoisotopic (exact) mass is 389 g/mol. The number of carbonyl (C=O) groups excluding carboxylic acids is 2. The van der Waals surface area contributed by atoms with E-state index in [0.717, 1.165) is 4.31 Å². The molecular formula is C18H19N3O5S. The molecule has 0 bridgehead atoms. The summed E-state index contributed by atoms with van der Waals surface area (Å²) in [4.78, 5) is 23.9. The molecule has 1 aliphatic rings. The van der Waals surface area contributed by atoms with Crippen LogP contribution in [0.25, 0.3) is 0 Å². The number of carbonyl (C=O) groups is 2. The highest BCUT2D eigenvalue weighted by atomic mass is 32.2. The van der Waals surface area contributed by atoms with Crippen molar-refractivity contribution in [2.75, 3.05) is 32.1 Å². The number of methoxy groups -OCH3 is 1. The van der Waals surface area contributed by atoms with E-state index in [9.17, 15) is 18.0 Å². The fourth-order valence-electron chi connectivity index (χ4n) is 2.64. The van der Waals surface area contributed by atoms with Crippen molar-refractivity contribution >= 4 is 27.5 Å². The second kappa shape index (κ2) is 7.77.